The second-order valence-corrected chi connectivity index (χ2v) is 20.4. The first-order valence-electron chi connectivity index (χ1n) is 19.6. The van der Waals surface area contributed by atoms with Crippen LogP contribution in [0, 0.1) is 0 Å². The predicted molar refractivity (Wildman–Crippen MR) is 236 cm³/mol. The molecule has 0 radical (unpaired) electrons. The molecule has 6 rings (SSSR count). The summed E-state index contributed by atoms with van der Waals surface area (Å²) < 4.78 is 30.8. The van der Waals surface area contributed by atoms with Crippen molar-refractivity contribution in [3.8, 4) is 23.0 Å². The zero-order chi connectivity index (χ0) is 44.0. The fraction of sp³-hybridized carbons (Fsp3) is 0.200. The van der Waals surface area contributed by atoms with Gasteiger partial charge in [-0.15, -0.1) is 0 Å². The van der Waals surface area contributed by atoms with Crippen LogP contribution in [0.4, 0.5) is 9.59 Å². The molecule has 0 unspecified atom stereocenters. The molecule has 0 saturated heterocycles. The fourth-order valence-corrected chi connectivity index (χ4v) is 9.25. The maximum atomic E-state index is 13.2. The van der Waals surface area contributed by atoms with E-state index in [1.165, 1.54) is 14.2 Å². The molecule has 61 heavy (non-hydrogen) atoms. The second kappa shape index (κ2) is 18.1. The molecule has 312 valence electrons. The summed E-state index contributed by atoms with van der Waals surface area (Å²) in [5.41, 5.74) is 4.15. The average molecular weight is 837 g/mol. The molecule has 0 saturated carbocycles. The van der Waals surface area contributed by atoms with Gasteiger partial charge in [-0.25, -0.2) is 19.2 Å². The van der Waals surface area contributed by atoms with Crippen molar-refractivity contribution in [1.82, 2.24) is 0 Å². The number of hydrogen-bond acceptors (Lipinski definition) is 10. The van der Waals surface area contributed by atoms with Crippen molar-refractivity contribution in [2.45, 2.75) is 51.6 Å². The first kappa shape index (κ1) is 43.6. The fourth-order valence-electron chi connectivity index (χ4n) is 6.91. The third-order valence-electron chi connectivity index (χ3n) is 11.1. The Morgan fingerprint density at radius 2 is 0.623 bits per heavy atom. The van der Waals surface area contributed by atoms with Crippen LogP contribution in [0.25, 0.3) is 0 Å². The lowest BCUT2D eigenvalue weighted by Crippen LogP contribution is -2.52. The Morgan fingerprint density at radius 3 is 0.869 bits per heavy atom. The molecule has 0 atom stereocenters. The van der Waals surface area contributed by atoms with Gasteiger partial charge in [0.1, 0.15) is 31.1 Å². The van der Waals surface area contributed by atoms with Crippen molar-refractivity contribution in [3.63, 3.8) is 0 Å². The standard InChI is InChI=1S/C50H48O10Si/c1-49(2,37-17-25-41(26-18-37)59-47(53)55-5)35-13-21-39(22-14-35)57-45(51)33-9-29-43(30-10-33)61(7,8)44-31-11-34(12-32-44)46(52)58-40-23-15-36(16-24-40)50(3,4)38-19-27-42(28-20-38)60-48(54)56-6/h9-32H,1-8H3. The Balaban J connectivity index is 1.04. The summed E-state index contributed by atoms with van der Waals surface area (Å²) >= 11 is 0. The Kier molecular flexibility index (Phi) is 12.9. The van der Waals surface area contributed by atoms with Gasteiger partial charge in [0.15, 0.2) is 0 Å². The Hall–Kier alpha value is -6.98. The van der Waals surface area contributed by atoms with Gasteiger partial charge in [0, 0.05) is 10.8 Å². The highest BCUT2D eigenvalue weighted by molar-refractivity contribution is 7.00. The second-order valence-electron chi connectivity index (χ2n) is 16.0. The Bertz CT molecular complexity index is 2310. The summed E-state index contributed by atoms with van der Waals surface area (Å²) in [7, 11) is 0.308. The molecule has 11 heteroatoms. The van der Waals surface area contributed by atoms with Gasteiger partial charge < -0.3 is 28.4 Å². The lowest BCUT2D eigenvalue weighted by atomic mass is 9.78. The molecule has 0 aliphatic carbocycles. The van der Waals surface area contributed by atoms with Crippen LogP contribution in [0.2, 0.25) is 13.1 Å². The minimum atomic E-state index is -2.21. The first-order chi connectivity index (χ1) is 29.0. The maximum Gasteiger partial charge on any atom is 0.513 e. The van der Waals surface area contributed by atoms with Crippen molar-refractivity contribution in [2.24, 2.45) is 0 Å². The van der Waals surface area contributed by atoms with Crippen LogP contribution in [0.3, 0.4) is 0 Å². The maximum absolute atomic E-state index is 13.2. The zero-order valence-corrected chi connectivity index (χ0v) is 36.4. The summed E-state index contributed by atoms with van der Waals surface area (Å²) in [5, 5.41) is 2.23. The van der Waals surface area contributed by atoms with E-state index >= 15 is 0 Å². The molecule has 0 amide bonds. The van der Waals surface area contributed by atoms with E-state index < -0.39 is 32.3 Å². The number of ether oxygens (including phenoxy) is 6. The Labute approximate surface area is 357 Å². The molecule has 10 nitrogen and oxygen atoms in total. The van der Waals surface area contributed by atoms with Gasteiger partial charge in [-0.1, -0.05) is 124 Å². The highest BCUT2D eigenvalue weighted by Crippen LogP contribution is 2.35. The number of carbonyl (C=O) groups is 4. The Morgan fingerprint density at radius 1 is 0.377 bits per heavy atom. The van der Waals surface area contributed by atoms with Crippen LogP contribution in [-0.2, 0) is 20.3 Å². The monoisotopic (exact) mass is 836 g/mol. The lowest BCUT2D eigenvalue weighted by Gasteiger charge is -2.26. The van der Waals surface area contributed by atoms with E-state index in [0.29, 0.717) is 34.1 Å². The average Bonchev–Trinajstić information content (AvgIpc) is 3.27. The smallest absolute Gasteiger partial charge is 0.437 e. The van der Waals surface area contributed by atoms with E-state index in [2.05, 4.69) is 50.3 Å². The molecule has 0 bridgehead atoms. The number of methoxy groups -OCH3 is 2. The van der Waals surface area contributed by atoms with Crippen molar-refractivity contribution >= 4 is 42.7 Å². The quantitative estimate of drug-likeness (QED) is 0.0509. The van der Waals surface area contributed by atoms with Crippen LogP contribution < -0.4 is 29.3 Å². The number of esters is 2. The topological polar surface area (TPSA) is 124 Å². The van der Waals surface area contributed by atoms with Crippen LogP contribution in [-0.4, -0.2) is 46.5 Å². The van der Waals surface area contributed by atoms with E-state index in [4.69, 9.17) is 18.9 Å². The molecule has 0 N–H and O–H groups in total. The summed E-state index contributed by atoms with van der Waals surface area (Å²) in [5.74, 6) is 0.716. The van der Waals surface area contributed by atoms with Gasteiger partial charge in [-0.05, 0) is 95.1 Å². The number of benzene rings is 6. The van der Waals surface area contributed by atoms with Crippen LogP contribution in [0.5, 0.6) is 23.0 Å². The molecule has 0 aromatic heterocycles. The molecule has 6 aromatic carbocycles. The first-order valence-corrected chi connectivity index (χ1v) is 22.6. The number of carbonyl (C=O) groups excluding carboxylic acids is 4. The SMILES string of the molecule is COC(=O)Oc1ccc(C(C)(C)c2ccc(OC(=O)c3ccc([Si](C)(C)c4ccc(C(=O)Oc5ccc(C(C)(C)c6ccc(OC(=O)OC)cc6)cc5)cc4)cc3)cc2)cc1. The van der Waals surface area contributed by atoms with E-state index in [0.717, 1.165) is 32.6 Å². The lowest BCUT2D eigenvalue weighted by molar-refractivity contribution is 0.0725. The molecule has 0 fully saturated rings. The van der Waals surface area contributed by atoms with E-state index in [9.17, 15) is 19.2 Å². The number of rotatable bonds is 12. The van der Waals surface area contributed by atoms with Crippen molar-refractivity contribution < 1.29 is 47.6 Å². The van der Waals surface area contributed by atoms with E-state index in [1.54, 1.807) is 72.8 Å². The van der Waals surface area contributed by atoms with Gasteiger partial charge in [0.2, 0.25) is 0 Å². The molecule has 0 aliphatic rings. The zero-order valence-electron chi connectivity index (χ0n) is 35.4. The van der Waals surface area contributed by atoms with Gasteiger partial charge in [0.25, 0.3) is 0 Å². The predicted octanol–water partition coefficient (Wildman–Crippen LogP) is 9.89. The van der Waals surface area contributed by atoms with Crippen molar-refractivity contribution in [2.75, 3.05) is 14.2 Å². The molecular formula is C50H48O10Si. The molecule has 6 aromatic rings. The third-order valence-corrected chi connectivity index (χ3v) is 14.7. The molecule has 0 aliphatic heterocycles. The molecule has 0 spiro atoms. The van der Waals surface area contributed by atoms with Crippen molar-refractivity contribution in [1.29, 1.82) is 0 Å². The van der Waals surface area contributed by atoms with Crippen LogP contribution in [0.15, 0.2) is 146 Å². The summed E-state index contributed by atoms with van der Waals surface area (Å²) in [6.45, 7) is 12.8. The minimum Gasteiger partial charge on any atom is -0.437 e. The highest BCUT2D eigenvalue weighted by Gasteiger charge is 2.28. The molecular weight excluding hydrogens is 789 g/mol. The van der Waals surface area contributed by atoms with Gasteiger partial charge >= 0.3 is 24.2 Å². The van der Waals surface area contributed by atoms with Crippen LogP contribution >= 0.6 is 0 Å². The van der Waals surface area contributed by atoms with Gasteiger partial charge in [-0.2, -0.15) is 0 Å². The van der Waals surface area contributed by atoms with Gasteiger partial charge in [0.05, 0.1) is 25.3 Å². The summed E-state index contributed by atoms with van der Waals surface area (Å²) in [6, 6.07) is 44.3. The van der Waals surface area contributed by atoms with Gasteiger partial charge in [-0.3, -0.25) is 0 Å². The van der Waals surface area contributed by atoms with Crippen LogP contribution in [0.1, 0.15) is 70.7 Å². The summed E-state index contributed by atoms with van der Waals surface area (Å²) in [6.07, 6.45) is -1.55. The van der Waals surface area contributed by atoms with E-state index in [1.807, 2.05) is 72.8 Å². The van der Waals surface area contributed by atoms with E-state index in [-0.39, 0.29) is 10.8 Å². The highest BCUT2D eigenvalue weighted by atomic mass is 28.3. The minimum absolute atomic E-state index is 0.377. The molecule has 0 heterocycles. The summed E-state index contributed by atoms with van der Waals surface area (Å²) in [4.78, 5) is 49.2. The normalized spacial score (nSPS) is 11.5. The third kappa shape index (κ3) is 10.1. The largest absolute Gasteiger partial charge is 0.513 e. The number of hydrogen-bond donors (Lipinski definition) is 0. The van der Waals surface area contributed by atoms with Crippen molar-refractivity contribution in [3.05, 3.63) is 179 Å².